The van der Waals surface area contributed by atoms with Crippen molar-refractivity contribution in [2.24, 2.45) is 10.9 Å². The van der Waals surface area contributed by atoms with E-state index in [1.807, 2.05) is 12.1 Å². The second-order valence-electron chi connectivity index (χ2n) is 6.73. The highest BCUT2D eigenvalue weighted by Gasteiger charge is 2.19. The van der Waals surface area contributed by atoms with E-state index in [0.717, 1.165) is 30.3 Å². The number of hydrogen-bond acceptors (Lipinski definition) is 4. The average molecular weight is 469 g/mol. The minimum absolute atomic E-state index is 0. The molecule has 6 nitrogen and oxygen atoms in total. The molecular formula is C19H28IN5O. The van der Waals surface area contributed by atoms with Crippen LogP contribution in [0.15, 0.2) is 39.9 Å². The Balaban J connectivity index is 0.00000243. The Morgan fingerprint density at radius 3 is 2.73 bits per heavy atom. The first-order valence-electron chi connectivity index (χ1n) is 8.78. The Kier molecular flexibility index (Phi) is 7.89. The predicted molar refractivity (Wildman–Crippen MR) is 116 cm³/mol. The number of aromatic nitrogens is 1. The number of oxazole rings is 1. The highest BCUT2D eigenvalue weighted by molar-refractivity contribution is 14.0. The summed E-state index contributed by atoms with van der Waals surface area (Å²) in [5.74, 6) is 2.13. The fourth-order valence-corrected chi connectivity index (χ4v) is 3.05. The van der Waals surface area contributed by atoms with E-state index < -0.39 is 0 Å². The minimum atomic E-state index is 0. The number of nitrogens with zero attached hydrogens (tertiary/aromatic N) is 3. The maximum absolute atomic E-state index is 5.59. The van der Waals surface area contributed by atoms with Gasteiger partial charge in [0, 0.05) is 25.7 Å². The lowest BCUT2D eigenvalue weighted by molar-refractivity contribution is 0.394. The van der Waals surface area contributed by atoms with Crippen molar-refractivity contribution in [3.8, 4) is 11.5 Å². The van der Waals surface area contributed by atoms with Gasteiger partial charge in [-0.2, -0.15) is 0 Å². The number of guanidine groups is 1. The second kappa shape index (κ2) is 9.91. The van der Waals surface area contributed by atoms with Crippen molar-refractivity contribution in [2.45, 2.75) is 19.9 Å². The summed E-state index contributed by atoms with van der Waals surface area (Å²) < 4.78 is 5.59. The molecule has 0 bridgehead atoms. The van der Waals surface area contributed by atoms with Crippen LogP contribution in [0.1, 0.15) is 17.7 Å². The highest BCUT2D eigenvalue weighted by Crippen LogP contribution is 2.19. The summed E-state index contributed by atoms with van der Waals surface area (Å²) in [7, 11) is 3.96. The molecule has 1 saturated heterocycles. The van der Waals surface area contributed by atoms with E-state index in [4.69, 9.17) is 4.42 Å². The van der Waals surface area contributed by atoms with Gasteiger partial charge in [0.15, 0.2) is 5.96 Å². The first-order valence-corrected chi connectivity index (χ1v) is 8.78. The lowest BCUT2D eigenvalue weighted by Crippen LogP contribution is -2.39. The normalized spacial score (nSPS) is 17.8. The molecule has 1 aromatic heterocycles. The molecule has 1 fully saturated rings. The van der Waals surface area contributed by atoms with Gasteiger partial charge >= 0.3 is 0 Å². The second-order valence-corrected chi connectivity index (χ2v) is 6.73. The summed E-state index contributed by atoms with van der Waals surface area (Å²) in [6, 6.07) is 8.17. The molecule has 1 unspecified atom stereocenters. The molecule has 1 aromatic carbocycles. The molecular weight excluding hydrogens is 441 g/mol. The third kappa shape index (κ3) is 5.70. The highest BCUT2D eigenvalue weighted by atomic mass is 127. The van der Waals surface area contributed by atoms with E-state index in [-0.39, 0.29) is 24.0 Å². The van der Waals surface area contributed by atoms with Gasteiger partial charge in [0.05, 0.1) is 12.2 Å². The number of likely N-dealkylation sites (tertiary alicyclic amines) is 1. The molecule has 0 amide bonds. The van der Waals surface area contributed by atoms with Crippen LogP contribution < -0.4 is 10.6 Å². The van der Waals surface area contributed by atoms with Gasteiger partial charge in [0.1, 0.15) is 6.26 Å². The Hall–Kier alpha value is -1.61. The van der Waals surface area contributed by atoms with Crippen LogP contribution in [-0.2, 0) is 6.54 Å². The van der Waals surface area contributed by atoms with Gasteiger partial charge in [-0.25, -0.2) is 4.98 Å². The van der Waals surface area contributed by atoms with Gasteiger partial charge < -0.3 is 20.0 Å². The molecule has 1 atom stereocenters. The quantitative estimate of drug-likeness (QED) is 0.401. The third-order valence-electron chi connectivity index (χ3n) is 4.56. The molecule has 3 rings (SSSR count). The van der Waals surface area contributed by atoms with Crippen LogP contribution in [0.5, 0.6) is 0 Å². The van der Waals surface area contributed by atoms with Crippen molar-refractivity contribution in [2.75, 3.05) is 33.7 Å². The van der Waals surface area contributed by atoms with Crippen molar-refractivity contribution in [1.82, 2.24) is 20.5 Å². The van der Waals surface area contributed by atoms with Crippen LogP contribution in [-0.4, -0.2) is 49.6 Å². The summed E-state index contributed by atoms with van der Waals surface area (Å²) in [6.45, 7) is 5.92. The predicted octanol–water partition coefficient (Wildman–Crippen LogP) is 2.88. The number of aliphatic imine (C=N–C) groups is 1. The molecule has 0 radical (unpaired) electrons. The maximum atomic E-state index is 5.59. The van der Waals surface area contributed by atoms with E-state index >= 15 is 0 Å². The largest absolute Gasteiger partial charge is 0.444 e. The van der Waals surface area contributed by atoms with E-state index in [1.54, 1.807) is 13.3 Å². The van der Waals surface area contributed by atoms with Gasteiger partial charge in [-0.1, -0.05) is 17.7 Å². The zero-order chi connectivity index (χ0) is 17.6. The SMILES string of the molecule is CN=C(NCc1coc(-c2ccc(C)cc2)n1)NCC1CCN(C)C1.I. The zero-order valence-corrected chi connectivity index (χ0v) is 18.0. The lowest BCUT2D eigenvalue weighted by Gasteiger charge is -2.14. The number of nitrogens with one attached hydrogen (secondary N) is 2. The summed E-state index contributed by atoms with van der Waals surface area (Å²) in [5.41, 5.74) is 3.07. The smallest absolute Gasteiger partial charge is 0.226 e. The zero-order valence-electron chi connectivity index (χ0n) is 15.7. The summed E-state index contributed by atoms with van der Waals surface area (Å²) in [5, 5.41) is 6.70. The number of halogens is 1. The van der Waals surface area contributed by atoms with Crippen LogP contribution in [0.4, 0.5) is 0 Å². The molecule has 0 aliphatic carbocycles. The molecule has 26 heavy (non-hydrogen) atoms. The van der Waals surface area contributed by atoms with Gasteiger partial charge in [0.2, 0.25) is 5.89 Å². The number of benzene rings is 1. The number of rotatable bonds is 5. The number of aryl methyl sites for hydroxylation is 1. The van der Waals surface area contributed by atoms with Crippen molar-refractivity contribution >= 4 is 29.9 Å². The summed E-state index contributed by atoms with van der Waals surface area (Å²) in [4.78, 5) is 11.2. The standard InChI is InChI=1S/C19H27N5O.HI/c1-14-4-6-16(7-5-14)18-23-17(13-25-18)11-22-19(20-2)21-10-15-8-9-24(3)12-15;/h4-7,13,15H,8-12H2,1-3H3,(H2,20,21,22);1H. The first-order chi connectivity index (χ1) is 12.1. The summed E-state index contributed by atoms with van der Waals surface area (Å²) >= 11 is 0. The van der Waals surface area contributed by atoms with Gasteiger partial charge in [-0.15, -0.1) is 24.0 Å². The molecule has 2 N–H and O–H groups in total. The van der Waals surface area contributed by atoms with Crippen molar-refractivity contribution in [3.05, 3.63) is 41.8 Å². The Labute approximate surface area is 172 Å². The monoisotopic (exact) mass is 469 g/mol. The number of hydrogen-bond donors (Lipinski definition) is 2. The third-order valence-corrected chi connectivity index (χ3v) is 4.56. The van der Waals surface area contributed by atoms with Crippen LogP contribution >= 0.6 is 24.0 Å². The van der Waals surface area contributed by atoms with E-state index in [1.165, 1.54) is 18.5 Å². The van der Waals surface area contributed by atoms with Crippen molar-refractivity contribution < 1.29 is 4.42 Å². The van der Waals surface area contributed by atoms with Crippen LogP contribution in [0.2, 0.25) is 0 Å². The van der Waals surface area contributed by atoms with Crippen molar-refractivity contribution in [3.63, 3.8) is 0 Å². The minimum Gasteiger partial charge on any atom is -0.444 e. The molecule has 1 aliphatic rings. The lowest BCUT2D eigenvalue weighted by atomic mass is 10.1. The molecule has 0 spiro atoms. The average Bonchev–Trinajstić information content (AvgIpc) is 3.25. The molecule has 1 aliphatic heterocycles. The molecule has 0 saturated carbocycles. The topological polar surface area (TPSA) is 65.7 Å². The maximum Gasteiger partial charge on any atom is 0.226 e. The molecule has 2 heterocycles. The molecule has 142 valence electrons. The first kappa shape index (κ1) is 20.7. The van der Waals surface area contributed by atoms with E-state index in [0.29, 0.717) is 18.4 Å². The van der Waals surface area contributed by atoms with E-state index in [2.05, 4.69) is 51.6 Å². The fraction of sp³-hybridized carbons (Fsp3) is 0.474. The van der Waals surface area contributed by atoms with Gasteiger partial charge in [-0.05, 0) is 45.0 Å². The van der Waals surface area contributed by atoms with Gasteiger partial charge in [0.25, 0.3) is 0 Å². The van der Waals surface area contributed by atoms with Crippen LogP contribution in [0.25, 0.3) is 11.5 Å². The van der Waals surface area contributed by atoms with Crippen molar-refractivity contribution in [1.29, 1.82) is 0 Å². The molecule has 2 aromatic rings. The Morgan fingerprint density at radius 1 is 1.31 bits per heavy atom. The van der Waals surface area contributed by atoms with Gasteiger partial charge in [-0.3, -0.25) is 4.99 Å². The Bertz CT molecular complexity index is 713. The fourth-order valence-electron chi connectivity index (χ4n) is 3.05. The Morgan fingerprint density at radius 2 is 2.08 bits per heavy atom. The van der Waals surface area contributed by atoms with Crippen LogP contribution in [0.3, 0.4) is 0 Å². The van der Waals surface area contributed by atoms with Crippen LogP contribution in [0, 0.1) is 12.8 Å². The summed E-state index contributed by atoms with van der Waals surface area (Å²) in [6.07, 6.45) is 2.94. The molecule has 7 heteroatoms. The van der Waals surface area contributed by atoms with E-state index in [9.17, 15) is 0 Å².